The van der Waals surface area contributed by atoms with Crippen molar-refractivity contribution in [1.82, 2.24) is 5.32 Å². The molecule has 2 aromatic rings. The lowest BCUT2D eigenvalue weighted by Crippen LogP contribution is -2.32. The van der Waals surface area contributed by atoms with Gasteiger partial charge in [-0.2, -0.15) is 0 Å². The standard InChI is InChI=1S/C19H18Cl2N2O3/c1-26-17-5-3-2-4-12(17)10-22-19(25)13-8-18(24)23(11-13)14-6-7-15(20)16(21)9-14/h2-7,9,13H,8,10-11H2,1H3,(H,22,25)/t13-/m0/s1. The van der Waals surface area contributed by atoms with Crippen molar-refractivity contribution in [2.75, 3.05) is 18.6 Å². The van der Waals surface area contributed by atoms with Crippen LogP contribution < -0.4 is 15.0 Å². The Morgan fingerprint density at radius 3 is 2.73 bits per heavy atom. The molecule has 1 aliphatic heterocycles. The fourth-order valence-corrected chi connectivity index (χ4v) is 3.25. The summed E-state index contributed by atoms with van der Waals surface area (Å²) in [5, 5.41) is 3.68. The van der Waals surface area contributed by atoms with Crippen LogP contribution in [0, 0.1) is 5.92 Å². The number of ether oxygens (including phenoxy) is 1. The van der Waals surface area contributed by atoms with E-state index in [1.54, 1.807) is 30.2 Å². The number of methoxy groups -OCH3 is 1. The second-order valence-corrected chi connectivity index (χ2v) is 6.85. The third-order valence-corrected chi connectivity index (χ3v) is 5.10. The molecule has 1 N–H and O–H groups in total. The lowest BCUT2D eigenvalue weighted by Gasteiger charge is -2.17. The quantitative estimate of drug-likeness (QED) is 0.844. The number of carbonyl (C=O) groups is 2. The number of rotatable bonds is 5. The molecule has 1 aliphatic rings. The molecule has 5 nitrogen and oxygen atoms in total. The van der Waals surface area contributed by atoms with Crippen LogP contribution in [0.2, 0.25) is 10.0 Å². The third kappa shape index (κ3) is 3.94. The van der Waals surface area contributed by atoms with E-state index in [9.17, 15) is 9.59 Å². The zero-order chi connectivity index (χ0) is 18.7. The van der Waals surface area contributed by atoms with E-state index in [0.717, 1.165) is 5.56 Å². The Hall–Kier alpha value is -2.24. The molecular weight excluding hydrogens is 375 g/mol. The van der Waals surface area contributed by atoms with Gasteiger partial charge in [0.2, 0.25) is 11.8 Å². The van der Waals surface area contributed by atoms with Gasteiger partial charge in [0.15, 0.2) is 0 Å². The maximum absolute atomic E-state index is 12.5. The van der Waals surface area contributed by atoms with Gasteiger partial charge in [-0.1, -0.05) is 41.4 Å². The lowest BCUT2D eigenvalue weighted by atomic mass is 10.1. The highest BCUT2D eigenvalue weighted by atomic mass is 35.5. The van der Waals surface area contributed by atoms with E-state index in [-0.39, 0.29) is 18.2 Å². The van der Waals surface area contributed by atoms with Crippen LogP contribution in [0.5, 0.6) is 5.75 Å². The van der Waals surface area contributed by atoms with Crippen LogP contribution in [-0.4, -0.2) is 25.5 Å². The lowest BCUT2D eigenvalue weighted by molar-refractivity contribution is -0.126. The molecule has 26 heavy (non-hydrogen) atoms. The molecule has 7 heteroatoms. The molecule has 0 radical (unpaired) electrons. The van der Waals surface area contributed by atoms with Crippen LogP contribution in [0.1, 0.15) is 12.0 Å². The average molecular weight is 393 g/mol. The molecule has 1 fully saturated rings. The molecule has 0 aliphatic carbocycles. The summed E-state index contributed by atoms with van der Waals surface area (Å²) in [5.41, 5.74) is 1.53. The second-order valence-electron chi connectivity index (χ2n) is 6.03. The summed E-state index contributed by atoms with van der Waals surface area (Å²) >= 11 is 11.9. The molecule has 1 heterocycles. The number of halogens is 2. The van der Waals surface area contributed by atoms with Crippen molar-refractivity contribution in [2.24, 2.45) is 5.92 Å². The number of benzene rings is 2. The molecule has 136 valence electrons. The Morgan fingerprint density at radius 2 is 2.00 bits per heavy atom. The van der Waals surface area contributed by atoms with Crippen LogP contribution in [-0.2, 0) is 16.1 Å². The molecule has 0 bridgehead atoms. The number of nitrogens with one attached hydrogen (secondary N) is 1. The summed E-state index contributed by atoms with van der Waals surface area (Å²) in [5.74, 6) is 0.0343. The zero-order valence-electron chi connectivity index (χ0n) is 14.2. The van der Waals surface area contributed by atoms with Gasteiger partial charge in [0, 0.05) is 30.8 Å². The molecule has 1 saturated heterocycles. The predicted molar refractivity (Wildman–Crippen MR) is 102 cm³/mol. The van der Waals surface area contributed by atoms with E-state index in [2.05, 4.69) is 5.32 Å². The molecule has 0 aromatic heterocycles. The van der Waals surface area contributed by atoms with Gasteiger partial charge >= 0.3 is 0 Å². The molecule has 3 rings (SSSR count). The van der Waals surface area contributed by atoms with Crippen molar-refractivity contribution in [3.05, 3.63) is 58.1 Å². The van der Waals surface area contributed by atoms with Gasteiger partial charge < -0.3 is 15.0 Å². The Bertz CT molecular complexity index is 841. The van der Waals surface area contributed by atoms with Crippen molar-refractivity contribution in [3.63, 3.8) is 0 Å². The molecule has 1 atom stereocenters. The van der Waals surface area contributed by atoms with Crippen molar-refractivity contribution < 1.29 is 14.3 Å². The zero-order valence-corrected chi connectivity index (χ0v) is 15.7. The van der Waals surface area contributed by atoms with Gasteiger partial charge in [0.25, 0.3) is 0 Å². The van der Waals surface area contributed by atoms with E-state index in [4.69, 9.17) is 27.9 Å². The third-order valence-electron chi connectivity index (χ3n) is 4.36. The first kappa shape index (κ1) is 18.5. The Labute approximate surface area is 161 Å². The molecular formula is C19H18Cl2N2O3. The molecule has 0 saturated carbocycles. The van der Waals surface area contributed by atoms with E-state index in [1.165, 1.54) is 0 Å². The van der Waals surface area contributed by atoms with Gasteiger partial charge in [-0.3, -0.25) is 9.59 Å². The van der Waals surface area contributed by atoms with Crippen LogP contribution in [0.3, 0.4) is 0 Å². The van der Waals surface area contributed by atoms with Gasteiger partial charge in [-0.15, -0.1) is 0 Å². The summed E-state index contributed by atoms with van der Waals surface area (Å²) in [4.78, 5) is 26.4. The van der Waals surface area contributed by atoms with Crippen LogP contribution in [0.25, 0.3) is 0 Å². The molecule has 0 spiro atoms. The average Bonchev–Trinajstić information content (AvgIpc) is 3.04. The van der Waals surface area contributed by atoms with E-state index in [1.807, 2.05) is 24.3 Å². The minimum absolute atomic E-state index is 0.110. The fraction of sp³-hybridized carbons (Fsp3) is 0.263. The number of hydrogen-bond acceptors (Lipinski definition) is 3. The number of hydrogen-bond donors (Lipinski definition) is 1. The number of para-hydroxylation sites is 1. The minimum Gasteiger partial charge on any atom is -0.496 e. The number of carbonyl (C=O) groups excluding carboxylic acids is 2. The van der Waals surface area contributed by atoms with Crippen LogP contribution in [0.4, 0.5) is 5.69 Å². The van der Waals surface area contributed by atoms with Crippen LogP contribution in [0.15, 0.2) is 42.5 Å². The molecule has 2 amide bonds. The van der Waals surface area contributed by atoms with Gasteiger partial charge in [0.1, 0.15) is 5.75 Å². The first-order chi connectivity index (χ1) is 12.5. The fourth-order valence-electron chi connectivity index (χ4n) is 2.96. The van der Waals surface area contributed by atoms with E-state index >= 15 is 0 Å². The SMILES string of the molecule is COc1ccccc1CNC(=O)[C@H]1CC(=O)N(c2ccc(Cl)c(Cl)c2)C1. The molecule has 0 unspecified atom stereocenters. The Balaban J connectivity index is 1.64. The second kappa shape index (κ2) is 7.98. The Kier molecular flexibility index (Phi) is 5.69. The van der Waals surface area contributed by atoms with E-state index in [0.29, 0.717) is 34.6 Å². The number of amides is 2. The smallest absolute Gasteiger partial charge is 0.227 e. The van der Waals surface area contributed by atoms with Crippen molar-refractivity contribution >= 4 is 40.7 Å². The molecule has 2 aromatic carbocycles. The number of nitrogens with zero attached hydrogens (tertiary/aromatic N) is 1. The first-order valence-corrected chi connectivity index (χ1v) is 8.90. The highest BCUT2D eigenvalue weighted by Gasteiger charge is 2.35. The van der Waals surface area contributed by atoms with Gasteiger partial charge in [-0.25, -0.2) is 0 Å². The van der Waals surface area contributed by atoms with Crippen molar-refractivity contribution in [3.8, 4) is 5.75 Å². The monoisotopic (exact) mass is 392 g/mol. The summed E-state index contributed by atoms with van der Waals surface area (Å²) < 4.78 is 5.28. The van der Waals surface area contributed by atoms with Crippen LogP contribution >= 0.6 is 23.2 Å². The van der Waals surface area contributed by atoms with Crippen molar-refractivity contribution in [1.29, 1.82) is 0 Å². The predicted octanol–water partition coefficient (Wildman–Crippen LogP) is 3.67. The Morgan fingerprint density at radius 1 is 1.23 bits per heavy atom. The highest BCUT2D eigenvalue weighted by molar-refractivity contribution is 6.42. The maximum Gasteiger partial charge on any atom is 0.227 e. The minimum atomic E-state index is -0.410. The van der Waals surface area contributed by atoms with Gasteiger partial charge in [-0.05, 0) is 24.3 Å². The summed E-state index contributed by atoms with van der Waals surface area (Å²) in [6.07, 6.45) is 0.165. The first-order valence-electron chi connectivity index (χ1n) is 8.14. The normalized spacial score (nSPS) is 16.7. The van der Waals surface area contributed by atoms with Crippen molar-refractivity contribution in [2.45, 2.75) is 13.0 Å². The highest BCUT2D eigenvalue weighted by Crippen LogP contribution is 2.31. The number of anilines is 1. The van der Waals surface area contributed by atoms with Gasteiger partial charge in [0.05, 0.1) is 23.1 Å². The summed E-state index contributed by atoms with van der Waals surface area (Å²) in [6, 6.07) is 12.5. The maximum atomic E-state index is 12.5. The van der Waals surface area contributed by atoms with E-state index < -0.39 is 5.92 Å². The largest absolute Gasteiger partial charge is 0.496 e. The summed E-state index contributed by atoms with van der Waals surface area (Å²) in [6.45, 7) is 0.662. The summed E-state index contributed by atoms with van der Waals surface area (Å²) in [7, 11) is 1.59. The topological polar surface area (TPSA) is 58.6 Å².